The molecule has 0 nitrogen and oxygen atoms in total. The zero-order chi connectivity index (χ0) is 8.85. The lowest BCUT2D eigenvalue weighted by Crippen LogP contribution is -1.81. The second-order valence-corrected chi connectivity index (χ2v) is 2.67. The van der Waals surface area contributed by atoms with Gasteiger partial charge in [0.25, 0.3) is 0 Å². The Morgan fingerprint density at radius 2 is 2.00 bits per heavy atom. The van der Waals surface area contributed by atoms with Crippen LogP contribution in [0.15, 0.2) is 35.3 Å². The molecule has 0 unspecified atom stereocenters. The summed E-state index contributed by atoms with van der Waals surface area (Å²) in [5, 5.41) is 0. The van der Waals surface area contributed by atoms with Crippen molar-refractivity contribution in [2.45, 2.75) is 27.2 Å². The quantitative estimate of drug-likeness (QED) is 0.424. The van der Waals surface area contributed by atoms with Crippen LogP contribution in [0.25, 0.3) is 0 Å². The first-order chi connectivity index (χ1) is 5.11. The molecule has 0 rings (SSSR count). The lowest BCUT2D eigenvalue weighted by molar-refractivity contribution is 1.07. The molecule has 0 N–H and O–H groups in total. The highest BCUT2D eigenvalue weighted by molar-refractivity contribution is 6.23. The third kappa shape index (κ3) is 3.87. The summed E-state index contributed by atoms with van der Waals surface area (Å²) in [4.78, 5) is 0. The first-order valence-corrected chi connectivity index (χ1v) is 3.87. The zero-order valence-electron chi connectivity index (χ0n) is 7.65. The van der Waals surface area contributed by atoms with Gasteiger partial charge < -0.3 is 0 Å². The van der Waals surface area contributed by atoms with Gasteiger partial charge in [0, 0.05) is 0 Å². The minimum atomic E-state index is 0.732. The van der Waals surface area contributed by atoms with Crippen molar-refractivity contribution in [3.8, 4) is 0 Å². The van der Waals surface area contributed by atoms with E-state index in [9.17, 15) is 0 Å². The van der Waals surface area contributed by atoms with Crippen molar-refractivity contribution < 1.29 is 0 Å². The first kappa shape index (κ1) is 10.3. The average molecular weight is 146 g/mol. The van der Waals surface area contributed by atoms with Gasteiger partial charge in [-0.15, -0.1) is 0 Å². The number of hydrogen-bond donors (Lipinski definition) is 0. The summed E-state index contributed by atoms with van der Waals surface area (Å²) in [7, 11) is 5.58. The summed E-state index contributed by atoms with van der Waals surface area (Å²) in [5.41, 5.74) is 3.34. The molecule has 0 aromatic carbocycles. The van der Waals surface area contributed by atoms with Crippen LogP contribution in [-0.4, -0.2) is 7.85 Å². The molecular formula is C10H15B. The normalized spacial score (nSPS) is 14.3. The third-order valence-corrected chi connectivity index (χ3v) is 1.82. The summed E-state index contributed by atoms with van der Waals surface area (Å²) >= 11 is 0. The molecule has 0 aromatic rings. The molecule has 0 fully saturated rings. The van der Waals surface area contributed by atoms with Crippen molar-refractivity contribution in [3.63, 3.8) is 0 Å². The zero-order valence-corrected chi connectivity index (χ0v) is 7.65. The van der Waals surface area contributed by atoms with Crippen LogP contribution < -0.4 is 0 Å². The molecular weight excluding hydrogens is 131 g/mol. The number of rotatable bonds is 3. The van der Waals surface area contributed by atoms with Crippen molar-refractivity contribution in [2.75, 3.05) is 0 Å². The summed E-state index contributed by atoms with van der Waals surface area (Å²) < 4.78 is 0. The van der Waals surface area contributed by atoms with E-state index in [1.807, 2.05) is 6.08 Å². The molecule has 0 saturated carbocycles. The van der Waals surface area contributed by atoms with Gasteiger partial charge in [-0.1, -0.05) is 42.3 Å². The Labute approximate surface area is 71.1 Å². The molecule has 58 valence electrons. The summed E-state index contributed by atoms with van der Waals surface area (Å²) in [6.07, 6.45) is 4.69. The van der Waals surface area contributed by atoms with Crippen LogP contribution in [0.2, 0.25) is 0 Å². The molecule has 0 amide bonds. The van der Waals surface area contributed by atoms with E-state index in [2.05, 4.69) is 27.4 Å². The summed E-state index contributed by atoms with van der Waals surface area (Å²) in [6.45, 7) is 9.90. The van der Waals surface area contributed by atoms with Gasteiger partial charge in [0.2, 0.25) is 0 Å². The highest BCUT2D eigenvalue weighted by atomic mass is 13.9. The van der Waals surface area contributed by atoms with Crippen LogP contribution in [0, 0.1) is 0 Å². The largest absolute Gasteiger partial charge is 0.113 e. The van der Waals surface area contributed by atoms with Crippen LogP contribution in [0.5, 0.6) is 0 Å². The number of allylic oxidation sites excluding steroid dienone is 5. The summed E-state index contributed by atoms with van der Waals surface area (Å²) in [6, 6.07) is 0. The SMILES string of the molecule is [B]/C(C=C)=C/C(C)=C(/C)CC. The average Bonchev–Trinajstić information content (AvgIpc) is 2.02. The van der Waals surface area contributed by atoms with E-state index in [-0.39, 0.29) is 0 Å². The highest BCUT2D eigenvalue weighted by Crippen LogP contribution is 2.09. The van der Waals surface area contributed by atoms with Crippen molar-refractivity contribution in [3.05, 3.63) is 35.3 Å². The van der Waals surface area contributed by atoms with E-state index < -0.39 is 0 Å². The Morgan fingerprint density at radius 3 is 2.36 bits per heavy atom. The van der Waals surface area contributed by atoms with Gasteiger partial charge in [-0.05, 0) is 20.3 Å². The molecule has 0 spiro atoms. The Kier molecular flexibility index (Phi) is 4.68. The standard InChI is InChI=1S/C10H15B/c1-5-8(3)9(4)7-10(11)6-2/h6-7H,2,5H2,1,3-4H3/b9-8-,10-7+. The lowest BCUT2D eigenvalue weighted by Gasteiger charge is -2.00. The fourth-order valence-electron chi connectivity index (χ4n) is 0.711. The van der Waals surface area contributed by atoms with Gasteiger partial charge in [0.1, 0.15) is 7.85 Å². The maximum absolute atomic E-state index is 5.58. The van der Waals surface area contributed by atoms with Crippen molar-refractivity contribution in [1.82, 2.24) is 0 Å². The van der Waals surface area contributed by atoms with Crippen LogP contribution in [0.3, 0.4) is 0 Å². The van der Waals surface area contributed by atoms with E-state index in [0.29, 0.717) is 0 Å². The van der Waals surface area contributed by atoms with E-state index in [4.69, 9.17) is 7.85 Å². The third-order valence-electron chi connectivity index (χ3n) is 1.82. The fraction of sp³-hybridized carbons (Fsp3) is 0.400. The van der Waals surface area contributed by atoms with Crippen molar-refractivity contribution in [1.29, 1.82) is 0 Å². The van der Waals surface area contributed by atoms with Gasteiger partial charge in [0.05, 0.1) is 0 Å². The topological polar surface area (TPSA) is 0 Å². The Bertz CT molecular complexity index is 197. The maximum atomic E-state index is 5.58. The maximum Gasteiger partial charge on any atom is 0.113 e. The predicted molar refractivity (Wildman–Crippen MR) is 52.7 cm³/mol. The van der Waals surface area contributed by atoms with E-state index in [0.717, 1.165) is 11.9 Å². The van der Waals surface area contributed by atoms with Crippen molar-refractivity contribution in [2.24, 2.45) is 0 Å². The van der Waals surface area contributed by atoms with Gasteiger partial charge in [0.15, 0.2) is 0 Å². The predicted octanol–water partition coefficient (Wildman–Crippen LogP) is 2.97. The van der Waals surface area contributed by atoms with E-state index >= 15 is 0 Å². The minimum Gasteiger partial charge on any atom is -0.0997 e. The van der Waals surface area contributed by atoms with Crippen LogP contribution in [-0.2, 0) is 0 Å². The smallest absolute Gasteiger partial charge is 0.0997 e. The molecule has 0 atom stereocenters. The van der Waals surface area contributed by atoms with Gasteiger partial charge in [-0.2, -0.15) is 0 Å². The lowest BCUT2D eigenvalue weighted by atomic mass is 9.92. The fourth-order valence-corrected chi connectivity index (χ4v) is 0.711. The second kappa shape index (κ2) is 5.00. The van der Waals surface area contributed by atoms with Crippen LogP contribution >= 0.6 is 0 Å². The highest BCUT2D eigenvalue weighted by Gasteiger charge is 1.89. The van der Waals surface area contributed by atoms with Crippen LogP contribution in [0.4, 0.5) is 0 Å². The minimum absolute atomic E-state index is 0.732. The molecule has 0 aromatic heterocycles. The molecule has 0 aliphatic heterocycles. The molecule has 0 bridgehead atoms. The second-order valence-electron chi connectivity index (χ2n) is 2.67. The molecule has 11 heavy (non-hydrogen) atoms. The van der Waals surface area contributed by atoms with E-state index in [1.54, 1.807) is 6.08 Å². The Balaban J connectivity index is 4.49. The molecule has 2 radical (unpaired) electrons. The molecule has 0 heterocycles. The molecule has 0 saturated heterocycles. The molecule has 0 aliphatic carbocycles. The Hall–Kier alpha value is -0.715. The first-order valence-electron chi connectivity index (χ1n) is 3.87. The summed E-state index contributed by atoms with van der Waals surface area (Å²) in [5.74, 6) is 0. The van der Waals surface area contributed by atoms with Gasteiger partial charge in [-0.25, -0.2) is 0 Å². The van der Waals surface area contributed by atoms with Gasteiger partial charge in [-0.3, -0.25) is 0 Å². The number of hydrogen-bond acceptors (Lipinski definition) is 0. The molecule has 0 aliphatic rings. The van der Waals surface area contributed by atoms with E-state index in [1.165, 1.54) is 11.1 Å². The van der Waals surface area contributed by atoms with Crippen LogP contribution in [0.1, 0.15) is 27.2 Å². The molecule has 1 heteroatoms. The van der Waals surface area contributed by atoms with Crippen molar-refractivity contribution >= 4 is 7.85 Å². The Morgan fingerprint density at radius 1 is 1.45 bits per heavy atom. The van der Waals surface area contributed by atoms with Gasteiger partial charge >= 0.3 is 0 Å². The monoisotopic (exact) mass is 146 g/mol.